The van der Waals surface area contributed by atoms with Gasteiger partial charge < -0.3 is 14.4 Å². The Hall–Kier alpha value is -3.13. The maximum Gasteiger partial charge on any atom is 0.338 e. The monoisotopic (exact) mass is 498 g/mol. The van der Waals surface area contributed by atoms with Crippen molar-refractivity contribution in [2.24, 2.45) is 0 Å². The normalized spacial score (nSPS) is 11.4. The van der Waals surface area contributed by atoms with Gasteiger partial charge in [0.15, 0.2) is 0 Å². The number of aromatic nitrogens is 1. The van der Waals surface area contributed by atoms with Gasteiger partial charge in [0.25, 0.3) is 0 Å². The van der Waals surface area contributed by atoms with Crippen molar-refractivity contribution in [3.8, 4) is 5.75 Å². The van der Waals surface area contributed by atoms with Gasteiger partial charge in [0, 0.05) is 24.7 Å². The van der Waals surface area contributed by atoms with Crippen LogP contribution in [0.3, 0.4) is 0 Å². The third-order valence-electron chi connectivity index (χ3n) is 5.86. The van der Waals surface area contributed by atoms with E-state index in [1.54, 1.807) is 49.4 Å². The highest BCUT2D eigenvalue weighted by Gasteiger charge is 2.27. The summed E-state index contributed by atoms with van der Waals surface area (Å²) in [6.07, 6.45) is 5.20. The molecule has 0 saturated heterocycles. The molecule has 2 aromatic carbocycles. The average Bonchev–Trinajstić information content (AvgIpc) is 2.88. The third kappa shape index (κ3) is 5.93. The summed E-state index contributed by atoms with van der Waals surface area (Å²) in [6, 6.07) is 11.5. The second-order valence-corrected chi connectivity index (χ2v) is 10.2. The van der Waals surface area contributed by atoms with Crippen LogP contribution in [0.15, 0.2) is 58.5 Å². The lowest BCUT2D eigenvalue weighted by Crippen LogP contribution is -2.28. The van der Waals surface area contributed by atoms with Gasteiger partial charge in [0.2, 0.25) is 9.84 Å². The first-order valence-electron chi connectivity index (χ1n) is 12.1. The zero-order valence-electron chi connectivity index (χ0n) is 20.9. The molecule has 0 unspecified atom stereocenters. The Balaban J connectivity index is 2.29. The highest BCUT2D eigenvalue weighted by atomic mass is 32.2. The van der Waals surface area contributed by atoms with Crippen LogP contribution in [0.5, 0.6) is 5.75 Å². The molecule has 3 rings (SSSR count). The number of anilines is 1. The Morgan fingerprint density at radius 3 is 2.20 bits per heavy atom. The molecule has 188 valence electrons. The number of pyridine rings is 1. The highest BCUT2D eigenvalue weighted by molar-refractivity contribution is 7.91. The van der Waals surface area contributed by atoms with Gasteiger partial charge in [0.1, 0.15) is 10.6 Å². The first-order valence-corrected chi connectivity index (χ1v) is 13.6. The fraction of sp³-hybridized carbons (Fsp3) is 0.407. The van der Waals surface area contributed by atoms with E-state index in [0.29, 0.717) is 41.0 Å². The van der Waals surface area contributed by atoms with Crippen LogP contribution in [0.25, 0.3) is 10.9 Å². The van der Waals surface area contributed by atoms with E-state index in [0.717, 1.165) is 25.7 Å². The number of hydrogen-bond donors (Lipinski definition) is 0. The standard InChI is InChI=1S/C27H34N2O5S/c1-5-8-16-29(17-9-6-2)26-23-18-20(27(30)34-7-3)10-15-24(23)28-19-25(26)35(31,32)22-13-11-21(33-4)12-14-22/h10-15,18-19H,5-9,16-17H2,1-4H3. The molecule has 0 aliphatic rings. The maximum absolute atomic E-state index is 13.9. The van der Waals surface area contributed by atoms with E-state index in [1.807, 2.05) is 0 Å². The van der Waals surface area contributed by atoms with Gasteiger partial charge in [-0.25, -0.2) is 13.2 Å². The number of hydrogen-bond acceptors (Lipinski definition) is 7. The molecule has 35 heavy (non-hydrogen) atoms. The molecule has 7 nitrogen and oxygen atoms in total. The number of carbonyl (C=O) groups is 1. The predicted molar refractivity (Wildman–Crippen MR) is 138 cm³/mol. The molecule has 0 bridgehead atoms. The lowest BCUT2D eigenvalue weighted by Gasteiger charge is -2.28. The minimum absolute atomic E-state index is 0.128. The van der Waals surface area contributed by atoms with Crippen LogP contribution in [-0.2, 0) is 14.6 Å². The summed E-state index contributed by atoms with van der Waals surface area (Å²) in [5.41, 5.74) is 1.57. The zero-order chi connectivity index (χ0) is 25.4. The van der Waals surface area contributed by atoms with Crippen LogP contribution in [0.2, 0.25) is 0 Å². The van der Waals surface area contributed by atoms with Crippen molar-refractivity contribution >= 4 is 32.4 Å². The number of benzene rings is 2. The Bertz CT molecular complexity index is 1250. The zero-order valence-corrected chi connectivity index (χ0v) is 21.7. The van der Waals surface area contributed by atoms with Crippen molar-refractivity contribution in [2.45, 2.75) is 56.2 Å². The van der Waals surface area contributed by atoms with Gasteiger partial charge in [0.05, 0.1) is 35.4 Å². The molecule has 0 radical (unpaired) electrons. The molecule has 1 heterocycles. The second kappa shape index (κ2) is 12.0. The van der Waals surface area contributed by atoms with E-state index < -0.39 is 15.8 Å². The van der Waals surface area contributed by atoms with Crippen molar-refractivity contribution < 1.29 is 22.7 Å². The number of nitrogens with zero attached hydrogens (tertiary/aromatic N) is 2. The minimum atomic E-state index is -3.90. The Labute approximate surface area is 208 Å². The molecule has 0 aliphatic carbocycles. The fourth-order valence-corrected chi connectivity index (χ4v) is 5.37. The smallest absolute Gasteiger partial charge is 0.338 e. The van der Waals surface area contributed by atoms with Gasteiger partial charge in [-0.1, -0.05) is 26.7 Å². The third-order valence-corrected chi connectivity index (χ3v) is 7.63. The van der Waals surface area contributed by atoms with E-state index in [4.69, 9.17) is 9.47 Å². The average molecular weight is 499 g/mol. The number of carbonyl (C=O) groups excluding carboxylic acids is 1. The molecular formula is C27H34N2O5S. The van der Waals surface area contributed by atoms with Gasteiger partial charge in [-0.3, -0.25) is 4.98 Å². The first kappa shape index (κ1) is 26.5. The number of unbranched alkanes of at least 4 members (excludes halogenated alkanes) is 2. The lowest BCUT2D eigenvalue weighted by atomic mass is 10.1. The molecule has 0 saturated carbocycles. The highest BCUT2D eigenvalue weighted by Crippen LogP contribution is 2.37. The second-order valence-electron chi connectivity index (χ2n) is 8.30. The number of fused-ring (bicyclic) bond motifs is 1. The molecule has 0 amide bonds. The number of esters is 1. The summed E-state index contributed by atoms with van der Waals surface area (Å²) in [6.45, 7) is 7.62. The van der Waals surface area contributed by atoms with Crippen LogP contribution < -0.4 is 9.64 Å². The van der Waals surface area contributed by atoms with Crippen LogP contribution in [0.1, 0.15) is 56.8 Å². The molecule has 0 atom stereocenters. The van der Waals surface area contributed by atoms with E-state index in [2.05, 4.69) is 23.7 Å². The molecule has 8 heteroatoms. The molecule has 0 fully saturated rings. The maximum atomic E-state index is 13.9. The number of sulfone groups is 1. The summed E-state index contributed by atoms with van der Waals surface area (Å²) in [4.78, 5) is 19.4. The molecule has 0 N–H and O–H groups in total. The van der Waals surface area contributed by atoms with Gasteiger partial charge in [-0.15, -0.1) is 0 Å². The van der Waals surface area contributed by atoms with Crippen molar-refractivity contribution in [1.82, 2.24) is 4.98 Å². The summed E-state index contributed by atoms with van der Waals surface area (Å²) >= 11 is 0. The minimum Gasteiger partial charge on any atom is -0.497 e. The number of methoxy groups -OCH3 is 1. The van der Waals surface area contributed by atoms with E-state index in [-0.39, 0.29) is 16.4 Å². The SMILES string of the molecule is CCCCN(CCCC)c1c(S(=O)(=O)c2ccc(OC)cc2)cnc2ccc(C(=O)OCC)cc12. The number of rotatable bonds is 12. The summed E-state index contributed by atoms with van der Waals surface area (Å²) in [5, 5.41) is 0.623. The van der Waals surface area contributed by atoms with Gasteiger partial charge in [-0.05, 0) is 62.2 Å². The van der Waals surface area contributed by atoms with Crippen molar-refractivity contribution in [3.05, 3.63) is 54.2 Å². The quantitative estimate of drug-likeness (QED) is 0.298. The predicted octanol–water partition coefficient (Wildman–Crippen LogP) is 5.66. The molecule has 1 aromatic heterocycles. The summed E-state index contributed by atoms with van der Waals surface area (Å²) in [5.74, 6) is 0.129. The first-order chi connectivity index (χ1) is 16.9. The fourth-order valence-electron chi connectivity index (χ4n) is 3.94. The van der Waals surface area contributed by atoms with Crippen molar-refractivity contribution in [2.75, 3.05) is 31.7 Å². The largest absolute Gasteiger partial charge is 0.497 e. The van der Waals surface area contributed by atoms with Crippen LogP contribution in [0.4, 0.5) is 5.69 Å². The van der Waals surface area contributed by atoms with E-state index in [1.165, 1.54) is 13.3 Å². The lowest BCUT2D eigenvalue weighted by molar-refractivity contribution is 0.0526. The summed E-state index contributed by atoms with van der Waals surface area (Å²) < 4.78 is 38.1. The van der Waals surface area contributed by atoms with Crippen LogP contribution >= 0.6 is 0 Å². The van der Waals surface area contributed by atoms with Crippen LogP contribution in [-0.4, -0.2) is 46.2 Å². The van der Waals surface area contributed by atoms with Gasteiger partial charge >= 0.3 is 5.97 Å². The van der Waals surface area contributed by atoms with Crippen molar-refractivity contribution in [3.63, 3.8) is 0 Å². The topological polar surface area (TPSA) is 85.8 Å². The molecular weight excluding hydrogens is 464 g/mol. The Morgan fingerprint density at radius 1 is 0.971 bits per heavy atom. The van der Waals surface area contributed by atoms with Gasteiger partial charge in [-0.2, -0.15) is 0 Å². The van der Waals surface area contributed by atoms with Crippen molar-refractivity contribution in [1.29, 1.82) is 0 Å². The van der Waals surface area contributed by atoms with E-state index in [9.17, 15) is 13.2 Å². The number of ether oxygens (including phenoxy) is 2. The molecule has 0 spiro atoms. The Kier molecular flexibility index (Phi) is 9.09. The van der Waals surface area contributed by atoms with E-state index >= 15 is 0 Å². The summed E-state index contributed by atoms with van der Waals surface area (Å²) in [7, 11) is -2.36. The Morgan fingerprint density at radius 2 is 1.63 bits per heavy atom. The molecule has 0 aliphatic heterocycles. The molecule has 3 aromatic rings. The van der Waals surface area contributed by atoms with Crippen LogP contribution in [0, 0.1) is 0 Å².